The Balaban J connectivity index is 0.00000261. The van der Waals surface area contributed by atoms with Gasteiger partial charge in [-0.2, -0.15) is 4.31 Å². The van der Waals surface area contributed by atoms with E-state index in [0.29, 0.717) is 43.9 Å². The van der Waals surface area contributed by atoms with E-state index < -0.39 is 10.0 Å². The van der Waals surface area contributed by atoms with Crippen LogP contribution in [0.15, 0.2) is 9.42 Å². The molecule has 2 fully saturated rings. The summed E-state index contributed by atoms with van der Waals surface area (Å²) in [7, 11) is -3.64. The molecule has 2 saturated heterocycles. The highest BCUT2D eigenvalue weighted by atomic mass is 35.5. The molecule has 0 saturated carbocycles. The van der Waals surface area contributed by atoms with Crippen molar-refractivity contribution in [2.45, 2.75) is 56.9 Å². The molecule has 8 nitrogen and oxygen atoms in total. The van der Waals surface area contributed by atoms with E-state index in [1.54, 1.807) is 13.8 Å². The van der Waals surface area contributed by atoms with Crippen LogP contribution in [0.2, 0.25) is 0 Å². The fourth-order valence-corrected chi connectivity index (χ4v) is 5.85. The Morgan fingerprint density at radius 1 is 1.19 bits per heavy atom. The van der Waals surface area contributed by atoms with Crippen LogP contribution in [0.3, 0.4) is 0 Å². The number of amides is 1. The van der Waals surface area contributed by atoms with Crippen LogP contribution in [0.5, 0.6) is 0 Å². The average molecular weight is 421 g/mol. The molecule has 1 aromatic rings. The maximum absolute atomic E-state index is 12.9. The molecule has 0 bridgehead atoms. The second-order valence-electron chi connectivity index (χ2n) is 7.25. The van der Waals surface area contributed by atoms with Crippen molar-refractivity contribution in [1.82, 2.24) is 14.4 Å². The van der Waals surface area contributed by atoms with Crippen LogP contribution in [0, 0.1) is 19.8 Å². The maximum atomic E-state index is 12.9. The number of aryl methyl sites for hydroxylation is 2. The molecule has 1 aromatic heterocycles. The summed E-state index contributed by atoms with van der Waals surface area (Å²) in [5.41, 5.74) is 6.20. The maximum Gasteiger partial charge on any atom is 0.248 e. The van der Waals surface area contributed by atoms with Crippen molar-refractivity contribution >= 4 is 28.3 Å². The number of carbonyl (C=O) groups excluding carboxylic acids is 1. The molecular formula is C17H29ClN4O4S. The van der Waals surface area contributed by atoms with Gasteiger partial charge in [0.05, 0.1) is 0 Å². The molecule has 1 amide bonds. The average Bonchev–Trinajstić information content (AvgIpc) is 3.00. The van der Waals surface area contributed by atoms with E-state index in [-0.39, 0.29) is 35.2 Å². The Morgan fingerprint density at radius 2 is 1.85 bits per heavy atom. The van der Waals surface area contributed by atoms with Gasteiger partial charge in [0.2, 0.25) is 15.9 Å². The summed E-state index contributed by atoms with van der Waals surface area (Å²) in [4.78, 5) is 15.0. The van der Waals surface area contributed by atoms with Crippen LogP contribution >= 0.6 is 12.4 Å². The molecular weight excluding hydrogens is 392 g/mol. The second-order valence-corrected chi connectivity index (χ2v) is 9.12. The van der Waals surface area contributed by atoms with Gasteiger partial charge in [-0.15, -0.1) is 12.4 Å². The number of carbonyl (C=O) groups is 1. The van der Waals surface area contributed by atoms with Gasteiger partial charge < -0.3 is 15.2 Å². The molecule has 2 N–H and O–H groups in total. The smallest absolute Gasteiger partial charge is 0.248 e. The number of rotatable bonds is 4. The number of nitrogens with zero attached hydrogens (tertiary/aromatic N) is 3. The summed E-state index contributed by atoms with van der Waals surface area (Å²) in [6, 6.07) is 0.125. The minimum absolute atomic E-state index is 0. The summed E-state index contributed by atoms with van der Waals surface area (Å²) in [6.45, 7) is 5.16. The number of likely N-dealkylation sites (tertiary alicyclic amines) is 1. The van der Waals surface area contributed by atoms with Crippen molar-refractivity contribution in [2.75, 3.05) is 26.2 Å². The molecule has 1 unspecified atom stereocenters. The number of halogens is 1. The van der Waals surface area contributed by atoms with Crippen molar-refractivity contribution in [3.63, 3.8) is 0 Å². The van der Waals surface area contributed by atoms with Gasteiger partial charge in [-0.1, -0.05) is 5.16 Å². The van der Waals surface area contributed by atoms with Crippen molar-refractivity contribution in [3.8, 4) is 0 Å². The molecule has 27 heavy (non-hydrogen) atoms. The second kappa shape index (κ2) is 8.89. The van der Waals surface area contributed by atoms with E-state index in [4.69, 9.17) is 10.3 Å². The van der Waals surface area contributed by atoms with Gasteiger partial charge in [-0.05, 0) is 46.0 Å². The quantitative estimate of drug-likeness (QED) is 0.789. The SMILES string of the molecule is Cc1noc(C)c1S(=O)(=O)N1CCC(C(=O)N2CCCCC2CN)CC1.Cl. The summed E-state index contributed by atoms with van der Waals surface area (Å²) in [5, 5.41) is 3.75. The third-order valence-corrected chi connectivity index (χ3v) is 7.69. The molecule has 3 heterocycles. The predicted octanol–water partition coefficient (Wildman–Crippen LogP) is 1.45. The third-order valence-electron chi connectivity index (χ3n) is 5.55. The lowest BCUT2D eigenvalue weighted by molar-refractivity contribution is -0.140. The number of nitrogens with two attached hydrogens (primary N) is 1. The summed E-state index contributed by atoms with van der Waals surface area (Å²) in [5.74, 6) is 0.313. The Bertz CT molecular complexity index is 739. The number of hydrogen-bond acceptors (Lipinski definition) is 6. The van der Waals surface area contributed by atoms with Gasteiger partial charge in [0.1, 0.15) is 10.6 Å². The molecule has 2 aliphatic rings. The minimum atomic E-state index is -3.64. The highest BCUT2D eigenvalue weighted by Crippen LogP contribution is 2.29. The number of piperidine rings is 2. The largest absolute Gasteiger partial charge is 0.360 e. The predicted molar refractivity (Wildman–Crippen MR) is 103 cm³/mol. The number of hydrogen-bond donors (Lipinski definition) is 1. The van der Waals surface area contributed by atoms with Crippen molar-refractivity contribution in [1.29, 1.82) is 0 Å². The zero-order valence-corrected chi connectivity index (χ0v) is 17.5. The van der Waals surface area contributed by atoms with E-state index in [2.05, 4.69) is 5.16 Å². The minimum Gasteiger partial charge on any atom is -0.360 e. The Morgan fingerprint density at radius 3 is 2.41 bits per heavy atom. The highest BCUT2D eigenvalue weighted by molar-refractivity contribution is 7.89. The van der Waals surface area contributed by atoms with Crippen molar-refractivity contribution in [2.24, 2.45) is 11.7 Å². The first-order valence-corrected chi connectivity index (χ1v) is 10.7. The zero-order valence-electron chi connectivity index (χ0n) is 15.9. The van der Waals surface area contributed by atoms with E-state index in [0.717, 1.165) is 25.8 Å². The van der Waals surface area contributed by atoms with E-state index in [1.807, 2.05) is 4.90 Å². The molecule has 3 rings (SSSR count). The van der Waals surface area contributed by atoms with Gasteiger partial charge in [0.15, 0.2) is 5.76 Å². The molecule has 2 aliphatic heterocycles. The van der Waals surface area contributed by atoms with Gasteiger partial charge in [-0.3, -0.25) is 4.79 Å². The lowest BCUT2D eigenvalue weighted by Crippen LogP contribution is -2.51. The standard InChI is InChI=1S/C17H28N4O4S.ClH/c1-12-16(13(2)25-19-12)26(23,24)20-9-6-14(7-10-20)17(22)21-8-4-3-5-15(21)11-18;/h14-15H,3-11,18H2,1-2H3;1H. The van der Waals surface area contributed by atoms with Gasteiger partial charge in [0.25, 0.3) is 0 Å². The van der Waals surface area contributed by atoms with Crippen LogP contribution in [0.1, 0.15) is 43.6 Å². The van der Waals surface area contributed by atoms with Gasteiger partial charge >= 0.3 is 0 Å². The summed E-state index contributed by atoms with van der Waals surface area (Å²) in [6.07, 6.45) is 4.16. The van der Waals surface area contributed by atoms with Crippen LogP contribution in [0.25, 0.3) is 0 Å². The molecule has 154 valence electrons. The lowest BCUT2D eigenvalue weighted by atomic mass is 9.93. The molecule has 10 heteroatoms. The normalized spacial score (nSPS) is 22.5. The number of aromatic nitrogens is 1. The summed E-state index contributed by atoms with van der Waals surface area (Å²) >= 11 is 0. The highest BCUT2D eigenvalue weighted by Gasteiger charge is 2.37. The van der Waals surface area contributed by atoms with Crippen LogP contribution < -0.4 is 5.73 Å². The number of sulfonamides is 1. The van der Waals surface area contributed by atoms with Gasteiger partial charge in [0, 0.05) is 38.1 Å². The Labute approximate surface area is 166 Å². The van der Waals surface area contributed by atoms with E-state index >= 15 is 0 Å². The van der Waals surface area contributed by atoms with E-state index in [9.17, 15) is 13.2 Å². The topological polar surface area (TPSA) is 110 Å². The fraction of sp³-hybridized carbons (Fsp3) is 0.765. The molecule has 0 aliphatic carbocycles. The zero-order chi connectivity index (χ0) is 18.9. The lowest BCUT2D eigenvalue weighted by Gasteiger charge is -2.39. The molecule has 0 aromatic carbocycles. The fourth-order valence-electron chi connectivity index (χ4n) is 4.09. The first kappa shape index (κ1) is 22.1. The van der Waals surface area contributed by atoms with Crippen molar-refractivity contribution in [3.05, 3.63) is 11.5 Å². The van der Waals surface area contributed by atoms with Gasteiger partial charge in [-0.25, -0.2) is 8.42 Å². The van der Waals surface area contributed by atoms with E-state index in [1.165, 1.54) is 4.31 Å². The van der Waals surface area contributed by atoms with Crippen LogP contribution in [-0.4, -0.2) is 60.9 Å². The molecule has 1 atom stereocenters. The Hall–Kier alpha value is -1.16. The monoisotopic (exact) mass is 420 g/mol. The molecule has 0 radical (unpaired) electrons. The van der Waals surface area contributed by atoms with Crippen LogP contribution in [0.4, 0.5) is 0 Å². The Kier molecular flexibility index (Phi) is 7.29. The first-order chi connectivity index (χ1) is 12.4. The third kappa shape index (κ3) is 4.31. The van der Waals surface area contributed by atoms with Crippen molar-refractivity contribution < 1.29 is 17.7 Å². The van der Waals surface area contributed by atoms with Crippen LogP contribution in [-0.2, 0) is 14.8 Å². The molecule has 0 spiro atoms. The first-order valence-electron chi connectivity index (χ1n) is 9.29. The summed E-state index contributed by atoms with van der Waals surface area (Å²) < 4.78 is 32.2.